The van der Waals surface area contributed by atoms with Crippen molar-refractivity contribution in [3.8, 4) is 0 Å². The van der Waals surface area contributed by atoms with Crippen LogP contribution < -0.4 is 0 Å². The SMILES string of the molecule is CC1(C)CC(N2N=C(C3CCOCC3)CC2=O)CCO1. The van der Waals surface area contributed by atoms with Gasteiger partial charge in [-0.3, -0.25) is 4.79 Å². The first-order valence-corrected chi connectivity index (χ1v) is 7.66. The number of ether oxygens (including phenoxy) is 2. The average molecular weight is 280 g/mol. The number of hydrogen-bond acceptors (Lipinski definition) is 4. The van der Waals surface area contributed by atoms with Crippen LogP contribution in [0, 0.1) is 5.92 Å². The molecule has 2 fully saturated rings. The fraction of sp³-hybridized carbons (Fsp3) is 0.867. The Morgan fingerprint density at radius 3 is 2.65 bits per heavy atom. The summed E-state index contributed by atoms with van der Waals surface area (Å²) in [5.74, 6) is 0.597. The molecule has 20 heavy (non-hydrogen) atoms. The van der Waals surface area contributed by atoms with E-state index in [0.29, 0.717) is 18.9 Å². The molecule has 0 aromatic carbocycles. The molecule has 112 valence electrons. The Morgan fingerprint density at radius 1 is 1.20 bits per heavy atom. The quantitative estimate of drug-likeness (QED) is 0.777. The third-order valence-corrected chi connectivity index (χ3v) is 4.53. The predicted octanol–water partition coefficient (Wildman–Crippen LogP) is 1.96. The van der Waals surface area contributed by atoms with E-state index in [1.807, 2.05) is 0 Å². The molecule has 1 unspecified atom stereocenters. The van der Waals surface area contributed by atoms with E-state index in [1.165, 1.54) is 0 Å². The van der Waals surface area contributed by atoms with Crippen molar-refractivity contribution in [2.75, 3.05) is 19.8 Å². The molecule has 0 N–H and O–H groups in total. The maximum Gasteiger partial charge on any atom is 0.248 e. The Kier molecular flexibility index (Phi) is 3.82. The molecule has 0 radical (unpaired) electrons. The molecule has 2 saturated heterocycles. The standard InChI is InChI=1S/C15H24N2O3/c1-15(2)10-12(5-8-20-15)17-14(18)9-13(16-17)11-3-6-19-7-4-11/h11-12H,3-10H2,1-2H3. The van der Waals surface area contributed by atoms with Crippen LogP contribution in [0.5, 0.6) is 0 Å². The Bertz CT molecular complexity index is 413. The van der Waals surface area contributed by atoms with Crippen molar-refractivity contribution in [2.45, 2.75) is 57.6 Å². The van der Waals surface area contributed by atoms with Gasteiger partial charge in [0.15, 0.2) is 0 Å². The third-order valence-electron chi connectivity index (χ3n) is 4.53. The van der Waals surface area contributed by atoms with Crippen LogP contribution in [-0.4, -0.2) is 48.1 Å². The second kappa shape index (κ2) is 5.45. The smallest absolute Gasteiger partial charge is 0.248 e. The third kappa shape index (κ3) is 2.88. The van der Waals surface area contributed by atoms with Gasteiger partial charge in [-0.2, -0.15) is 5.10 Å². The van der Waals surface area contributed by atoms with Crippen molar-refractivity contribution in [1.29, 1.82) is 0 Å². The highest BCUT2D eigenvalue weighted by Gasteiger charge is 2.38. The molecule has 0 saturated carbocycles. The van der Waals surface area contributed by atoms with Gasteiger partial charge in [-0.1, -0.05) is 0 Å². The second-order valence-corrected chi connectivity index (χ2v) is 6.65. The Morgan fingerprint density at radius 2 is 1.95 bits per heavy atom. The highest BCUT2D eigenvalue weighted by atomic mass is 16.5. The highest BCUT2D eigenvalue weighted by Crippen LogP contribution is 2.31. The molecule has 0 bridgehead atoms. The molecule has 1 amide bonds. The fourth-order valence-corrected chi connectivity index (χ4v) is 3.42. The summed E-state index contributed by atoms with van der Waals surface area (Å²) in [6, 6.07) is 0.198. The summed E-state index contributed by atoms with van der Waals surface area (Å²) in [4.78, 5) is 12.3. The van der Waals surface area contributed by atoms with Gasteiger partial charge in [0, 0.05) is 25.7 Å². The van der Waals surface area contributed by atoms with Crippen LogP contribution in [0.15, 0.2) is 5.10 Å². The summed E-state index contributed by atoms with van der Waals surface area (Å²) >= 11 is 0. The van der Waals surface area contributed by atoms with Crippen LogP contribution in [0.1, 0.15) is 46.0 Å². The Hall–Kier alpha value is -0.940. The van der Waals surface area contributed by atoms with Gasteiger partial charge in [-0.05, 0) is 39.5 Å². The Balaban J connectivity index is 1.69. The topological polar surface area (TPSA) is 51.1 Å². The van der Waals surface area contributed by atoms with Gasteiger partial charge in [-0.25, -0.2) is 5.01 Å². The fourth-order valence-electron chi connectivity index (χ4n) is 3.42. The van der Waals surface area contributed by atoms with Crippen molar-refractivity contribution in [3.63, 3.8) is 0 Å². The molecule has 5 heteroatoms. The van der Waals surface area contributed by atoms with E-state index in [1.54, 1.807) is 5.01 Å². The molecular formula is C15H24N2O3. The lowest BCUT2D eigenvalue weighted by molar-refractivity contribution is -0.137. The van der Waals surface area contributed by atoms with Crippen LogP contribution in [-0.2, 0) is 14.3 Å². The number of nitrogens with zero attached hydrogens (tertiary/aromatic N) is 2. The van der Waals surface area contributed by atoms with Crippen LogP contribution >= 0.6 is 0 Å². The van der Waals surface area contributed by atoms with Gasteiger partial charge < -0.3 is 9.47 Å². The van der Waals surface area contributed by atoms with Gasteiger partial charge in [-0.15, -0.1) is 0 Å². The molecule has 0 spiro atoms. The van der Waals surface area contributed by atoms with E-state index < -0.39 is 0 Å². The number of carbonyl (C=O) groups is 1. The molecule has 3 heterocycles. The van der Waals surface area contributed by atoms with Gasteiger partial charge in [0.2, 0.25) is 5.91 Å². The first kappa shape index (κ1) is 14.0. The maximum atomic E-state index is 12.3. The number of carbonyl (C=O) groups excluding carboxylic acids is 1. The summed E-state index contributed by atoms with van der Waals surface area (Å²) in [5.41, 5.74) is 0.919. The van der Waals surface area contributed by atoms with Crippen LogP contribution in [0.2, 0.25) is 0 Å². The summed E-state index contributed by atoms with van der Waals surface area (Å²) in [6.07, 6.45) is 4.25. The van der Waals surface area contributed by atoms with Crippen molar-refractivity contribution < 1.29 is 14.3 Å². The van der Waals surface area contributed by atoms with Crippen molar-refractivity contribution in [2.24, 2.45) is 11.0 Å². The number of hydrogen-bond donors (Lipinski definition) is 0. The van der Waals surface area contributed by atoms with Crippen LogP contribution in [0.3, 0.4) is 0 Å². The van der Waals surface area contributed by atoms with Crippen LogP contribution in [0.4, 0.5) is 0 Å². The highest BCUT2D eigenvalue weighted by molar-refractivity contribution is 6.06. The summed E-state index contributed by atoms with van der Waals surface area (Å²) in [5, 5.41) is 6.42. The zero-order valence-corrected chi connectivity index (χ0v) is 12.4. The Labute approximate surface area is 120 Å². The van der Waals surface area contributed by atoms with E-state index in [-0.39, 0.29) is 17.6 Å². The van der Waals surface area contributed by atoms with Gasteiger partial charge >= 0.3 is 0 Å². The molecular weight excluding hydrogens is 256 g/mol. The minimum Gasteiger partial charge on any atom is -0.381 e. The van der Waals surface area contributed by atoms with Gasteiger partial charge in [0.25, 0.3) is 0 Å². The van der Waals surface area contributed by atoms with Gasteiger partial charge in [0.1, 0.15) is 0 Å². The maximum absolute atomic E-state index is 12.3. The van der Waals surface area contributed by atoms with Crippen molar-refractivity contribution in [1.82, 2.24) is 5.01 Å². The second-order valence-electron chi connectivity index (χ2n) is 6.65. The summed E-state index contributed by atoms with van der Waals surface area (Å²) < 4.78 is 11.1. The monoisotopic (exact) mass is 280 g/mol. The zero-order chi connectivity index (χ0) is 14.2. The van der Waals surface area contributed by atoms with E-state index >= 15 is 0 Å². The van der Waals surface area contributed by atoms with Crippen molar-refractivity contribution in [3.05, 3.63) is 0 Å². The minimum atomic E-state index is -0.153. The summed E-state index contributed by atoms with van der Waals surface area (Å²) in [7, 11) is 0. The largest absolute Gasteiger partial charge is 0.381 e. The minimum absolute atomic E-state index is 0.153. The van der Waals surface area contributed by atoms with E-state index in [0.717, 1.165) is 44.6 Å². The number of rotatable bonds is 2. The number of amides is 1. The van der Waals surface area contributed by atoms with E-state index in [2.05, 4.69) is 18.9 Å². The molecule has 1 atom stereocenters. The lowest BCUT2D eigenvalue weighted by Crippen LogP contribution is -2.44. The zero-order valence-electron chi connectivity index (χ0n) is 12.4. The molecule has 3 aliphatic heterocycles. The van der Waals surface area contributed by atoms with E-state index in [9.17, 15) is 4.79 Å². The lowest BCUT2D eigenvalue weighted by Gasteiger charge is -2.38. The first-order valence-electron chi connectivity index (χ1n) is 7.66. The van der Waals surface area contributed by atoms with E-state index in [4.69, 9.17) is 9.47 Å². The summed E-state index contributed by atoms with van der Waals surface area (Å²) in [6.45, 7) is 6.47. The number of hydrazone groups is 1. The molecule has 0 aromatic rings. The molecule has 5 nitrogen and oxygen atoms in total. The molecule has 0 aromatic heterocycles. The predicted molar refractivity (Wildman–Crippen MR) is 75.5 cm³/mol. The van der Waals surface area contributed by atoms with Gasteiger partial charge in [0.05, 0.1) is 23.8 Å². The lowest BCUT2D eigenvalue weighted by atomic mass is 9.92. The molecule has 3 aliphatic rings. The van der Waals surface area contributed by atoms with Crippen molar-refractivity contribution >= 4 is 11.6 Å². The first-order chi connectivity index (χ1) is 9.55. The molecule has 3 rings (SSSR count). The average Bonchev–Trinajstić information content (AvgIpc) is 2.81. The normalized spacial score (nSPS) is 31.5. The van der Waals surface area contributed by atoms with Crippen LogP contribution in [0.25, 0.3) is 0 Å². The molecule has 0 aliphatic carbocycles.